The van der Waals surface area contributed by atoms with Gasteiger partial charge in [-0.3, -0.25) is 4.79 Å². The van der Waals surface area contributed by atoms with E-state index in [1.807, 2.05) is 12.1 Å². The number of halogens is 1. The van der Waals surface area contributed by atoms with Gasteiger partial charge in [0.05, 0.1) is 25.1 Å². The molecular formula is C22H24FN7O3. The summed E-state index contributed by atoms with van der Waals surface area (Å²) < 4.78 is 19.9. The normalized spacial score (nSPS) is 13.3. The second-order valence-electron chi connectivity index (χ2n) is 7.69. The van der Waals surface area contributed by atoms with E-state index in [1.165, 1.54) is 23.8 Å². The molecule has 10 nitrogen and oxygen atoms in total. The molecule has 0 unspecified atom stereocenters. The summed E-state index contributed by atoms with van der Waals surface area (Å²) in [6.07, 6.45) is 0.914. The number of nitrogens with zero attached hydrogens (tertiary/aromatic N) is 4. The lowest BCUT2D eigenvalue weighted by Crippen LogP contribution is -2.26. The Bertz CT molecular complexity index is 1200. The molecule has 2 heterocycles. The zero-order valence-corrected chi connectivity index (χ0v) is 18.2. The van der Waals surface area contributed by atoms with E-state index < -0.39 is 18.3 Å². The number of rotatable bonds is 7. The van der Waals surface area contributed by atoms with Crippen molar-refractivity contribution >= 4 is 29.0 Å². The maximum absolute atomic E-state index is 14.4. The van der Waals surface area contributed by atoms with Crippen molar-refractivity contribution in [3.8, 4) is 5.75 Å². The van der Waals surface area contributed by atoms with Crippen LogP contribution in [0.5, 0.6) is 5.75 Å². The fraction of sp³-hybridized carbons (Fsp3) is 0.273. The fourth-order valence-corrected chi connectivity index (χ4v) is 3.71. The highest BCUT2D eigenvalue weighted by molar-refractivity contribution is 5.96. The van der Waals surface area contributed by atoms with Crippen LogP contribution in [0.4, 0.5) is 27.5 Å². The number of ether oxygens (including phenoxy) is 1. The van der Waals surface area contributed by atoms with Gasteiger partial charge in [-0.1, -0.05) is 12.1 Å². The maximum atomic E-state index is 14.4. The van der Waals surface area contributed by atoms with Gasteiger partial charge in [0.1, 0.15) is 11.6 Å². The van der Waals surface area contributed by atoms with Crippen molar-refractivity contribution in [2.45, 2.75) is 19.6 Å². The van der Waals surface area contributed by atoms with Gasteiger partial charge < -0.3 is 31.1 Å². The summed E-state index contributed by atoms with van der Waals surface area (Å²) in [5.41, 5.74) is 8.34. The molecule has 0 aliphatic carbocycles. The van der Waals surface area contributed by atoms with Crippen LogP contribution in [0.3, 0.4) is 0 Å². The number of para-hydroxylation sites is 1. The lowest BCUT2D eigenvalue weighted by molar-refractivity contribution is 0.0995. The highest BCUT2D eigenvalue weighted by Crippen LogP contribution is 2.33. The van der Waals surface area contributed by atoms with Gasteiger partial charge in [0.15, 0.2) is 11.5 Å². The van der Waals surface area contributed by atoms with Crippen molar-refractivity contribution < 1.29 is 19.0 Å². The number of primary amides is 1. The molecule has 5 N–H and O–H groups in total. The van der Waals surface area contributed by atoms with E-state index in [-0.39, 0.29) is 28.7 Å². The van der Waals surface area contributed by atoms with E-state index in [2.05, 4.69) is 37.8 Å². The molecule has 0 spiro atoms. The van der Waals surface area contributed by atoms with Crippen molar-refractivity contribution in [2.75, 3.05) is 31.3 Å². The molecule has 172 valence electrons. The second-order valence-corrected chi connectivity index (χ2v) is 7.69. The van der Waals surface area contributed by atoms with Crippen LogP contribution < -0.4 is 21.1 Å². The Labute approximate surface area is 189 Å². The number of hydrogen-bond acceptors (Lipinski definition) is 9. The first kappa shape index (κ1) is 22.4. The summed E-state index contributed by atoms with van der Waals surface area (Å²) in [6.45, 7) is 1.33. The minimum Gasteiger partial charge on any atom is -0.495 e. The summed E-state index contributed by atoms with van der Waals surface area (Å²) in [5, 5.41) is 23.1. The quantitative estimate of drug-likeness (QED) is 0.423. The number of amides is 1. The Balaban J connectivity index is 1.71. The third-order valence-corrected chi connectivity index (χ3v) is 5.41. The van der Waals surface area contributed by atoms with Crippen molar-refractivity contribution in [1.82, 2.24) is 20.1 Å². The van der Waals surface area contributed by atoms with Crippen LogP contribution in [-0.4, -0.2) is 51.8 Å². The second kappa shape index (κ2) is 9.35. The lowest BCUT2D eigenvalue weighted by Gasteiger charge is -2.26. The number of benzene rings is 2. The third-order valence-electron chi connectivity index (χ3n) is 5.41. The van der Waals surface area contributed by atoms with Gasteiger partial charge in [0.2, 0.25) is 5.95 Å². The van der Waals surface area contributed by atoms with Crippen LogP contribution in [-0.2, 0) is 19.6 Å². The molecule has 1 aromatic heterocycles. The largest absolute Gasteiger partial charge is 0.495 e. The van der Waals surface area contributed by atoms with Gasteiger partial charge >= 0.3 is 0 Å². The zero-order valence-electron chi connectivity index (χ0n) is 18.2. The Morgan fingerprint density at radius 1 is 1.27 bits per heavy atom. The molecule has 0 saturated carbocycles. The highest BCUT2D eigenvalue weighted by Gasteiger charge is 2.20. The zero-order chi connectivity index (χ0) is 23.5. The van der Waals surface area contributed by atoms with Gasteiger partial charge in [0.25, 0.3) is 5.91 Å². The summed E-state index contributed by atoms with van der Waals surface area (Å²) in [5.74, 6) is -0.971. The van der Waals surface area contributed by atoms with E-state index in [4.69, 9.17) is 10.5 Å². The summed E-state index contributed by atoms with van der Waals surface area (Å²) in [4.78, 5) is 18.4. The first-order chi connectivity index (χ1) is 15.9. The molecule has 1 aliphatic heterocycles. The predicted molar refractivity (Wildman–Crippen MR) is 120 cm³/mol. The fourth-order valence-electron chi connectivity index (χ4n) is 3.71. The van der Waals surface area contributed by atoms with Gasteiger partial charge in [0, 0.05) is 18.7 Å². The number of methoxy groups -OCH3 is 1. The van der Waals surface area contributed by atoms with Crippen molar-refractivity contribution in [1.29, 1.82) is 0 Å². The molecule has 1 aliphatic rings. The Morgan fingerprint density at radius 2 is 2.09 bits per heavy atom. The van der Waals surface area contributed by atoms with Crippen LogP contribution in [0.1, 0.15) is 27.2 Å². The molecule has 4 rings (SSSR count). The molecule has 0 bridgehead atoms. The average Bonchev–Trinajstić information content (AvgIpc) is 2.80. The first-order valence-electron chi connectivity index (χ1n) is 10.2. The molecule has 33 heavy (non-hydrogen) atoms. The highest BCUT2D eigenvalue weighted by atomic mass is 19.1. The molecule has 2 aromatic carbocycles. The van der Waals surface area contributed by atoms with Gasteiger partial charge in [-0.2, -0.15) is 4.98 Å². The third kappa shape index (κ3) is 4.69. The predicted octanol–water partition coefficient (Wildman–Crippen LogP) is 2.09. The molecular weight excluding hydrogens is 429 g/mol. The monoisotopic (exact) mass is 453 g/mol. The van der Waals surface area contributed by atoms with Crippen LogP contribution in [0.2, 0.25) is 0 Å². The van der Waals surface area contributed by atoms with Crippen LogP contribution >= 0.6 is 0 Å². The Morgan fingerprint density at radius 3 is 2.82 bits per heavy atom. The van der Waals surface area contributed by atoms with E-state index >= 15 is 0 Å². The van der Waals surface area contributed by atoms with Gasteiger partial charge in [-0.25, -0.2) is 4.39 Å². The van der Waals surface area contributed by atoms with Gasteiger partial charge in [-0.05, 0) is 42.8 Å². The van der Waals surface area contributed by atoms with Crippen molar-refractivity contribution in [3.63, 3.8) is 0 Å². The number of anilines is 4. The standard InChI is InChI=1S/C22H24FN7O3/c1-30-7-6-12-9-17(33-2)16(8-14(12)10-30)25-22-27-21(19(20(24)32)28-29-22)26-18-13(11-31)4-3-5-15(18)23/h3-5,8-9,31H,6-7,10-11H2,1-2H3,(H2,24,32)(H2,25,26,27,29). The lowest BCUT2D eigenvalue weighted by atomic mass is 9.99. The van der Waals surface area contributed by atoms with E-state index in [1.54, 1.807) is 7.11 Å². The number of carbonyl (C=O) groups is 1. The summed E-state index contributed by atoms with van der Waals surface area (Å²) in [6, 6.07) is 8.16. The number of hydrogen-bond donors (Lipinski definition) is 4. The number of likely N-dealkylation sites (N-methyl/N-ethyl adjacent to an activating group) is 1. The molecule has 0 fully saturated rings. The topological polar surface area (TPSA) is 139 Å². The smallest absolute Gasteiger partial charge is 0.273 e. The van der Waals surface area contributed by atoms with E-state index in [0.29, 0.717) is 11.4 Å². The number of carbonyl (C=O) groups excluding carboxylic acids is 1. The number of fused-ring (bicyclic) bond motifs is 1. The minimum absolute atomic E-state index is 0.0386. The number of aromatic nitrogens is 3. The molecule has 1 amide bonds. The molecule has 0 radical (unpaired) electrons. The number of nitrogens with two attached hydrogens (primary N) is 1. The van der Waals surface area contributed by atoms with E-state index in [9.17, 15) is 14.3 Å². The average molecular weight is 453 g/mol. The maximum Gasteiger partial charge on any atom is 0.273 e. The minimum atomic E-state index is -0.889. The number of aliphatic hydroxyl groups excluding tert-OH is 1. The number of nitrogens with one attached hydrogen (secondary N) is 2. The molecule has 3 aromatic rings. The van der Waals surface area contributed by atoms with Crippen LogP contribution in [0.15, 0.2) is 30.3 Å². The summed E-state index contributed by atoms with van der Waals surface area (Å²) >= 11 is 0. The van der Waals surface area contributed by atoms with Crippen molar-refractivity contribution in [3.05, 3.63) is 58.5 Å². The van der Waals surface area contributed by atoms with Crippen LogP contribution in [0, 0.1) is 5.82 Å². The molecule has 0 atom stereocenters. The summed E-state index contributed by atoms with van der Waals surface area (Å²) in [7, 11) is 3.62. The Hall–Kier alpha value is -3.83. The first-order valence-corrected chi connectivity index (χ1v) is 10.2. The number of aliphatic hydroxyl groups is 1. The Kier molecular flexibility index (Phi) is 6.33. The van der Waals surface area contributed by atoms with Crippen molar-refractivity contribution in [2.24, 2.45) is 5.73 Å². The van der Waals surface area contributed by atoms with Crippen LogP contribution in [0.25, 0.3) is 0 Å². The van der Waals surface area contributed by atoms with Gasteiger partial charge in [-0.15, -0.1) is 10.2 Å². The molecule has 0 saturated heterocycles. The molecule has 11 heteroatoms. The SMILES string of the molecule is COc1cc2c(cc1Nc1nnc(C(N)=O)c(Nc3c(F)cccc3CO)n1)CN(C)CC2. The van der Waals surface area contributed by atoms with E-state index in [0.717, 1.165) is 25.1 Å².